The lowest BCUT2D eigenvalue weighted by molar-refractivity contribution is 0.100. The van der Waals surface area contributed by atoms with Crippen molar-refractivity contribution in [3.05, 3.63) is 48.4 Å². The fourth-order valence-corrected chi connectivity index (χ4v) is 5.61. The summed E-state index contributed by atoms with van der Waals surface area (Å²) in [5.74, 6) is 1.16. The molecule has 2 aliphatic rings. The maximum atomic E-state index is 10.0. The van der Waals surface area contributed by atoms with Crippen LogP contribution in [0.2, 0.25) is 0 Å². The van der Waals surface area contributed by atoms with Gasteiger partial charge in [0.25, 0.3) is 0 Å². The van der Waals surface area contributed by atoms with E-state index in [9.17, 15) is 5.11 Å². The normalized spacial score (nSPS) is 20.9. The van der Waals surface area contributed by atoms with Crippen LogP contribution in [0, 0.1) is 0 Å². The van der Waals surface area contributed by atoms with Gasteiger partial charge in [-0.2, -0.15) is 5.10 Å². The molecule has 158 valence electrons. The Kier molecular flexibility index (Phi) is 4.52. The predicted octanol–water partition coefficient (Wildman–Crippen LogP) is 4.53. The van der Waals surface area contributed by atoms with Gasteiger partial charge >= 0.3 is 0 Å². The number of fused-ring (bicyclic) bond motifs is 2. The summed E-state index contributed by atoms with van der Waals surface area (Å²) in [6.07, 6.45) is 9.14. The molecule has 1 saturated carbocycles. The Morgan fingerprint density at radius 2 is 2.16 bits per heavy atom. The molecule has 6 rings (SSSR count). The molecule has 1 aliphatic heterocycles. The smallest absolute Gasteiger partial charge is 0.177 e. The molecule has 0 saturated heterocycles. The maximum Gasteiger partial charge on any atom is 0.177 e. The van der Waals surface area contributed by atoms with Crippen LogP contribution in [0.3, 0.4) is 0 Å². The fraction of sp³-hybridized carbons (Fsp3) is 0.304. The molecule has 4 heterocycles. The first-order valence-corrected chi connectivity index (χ1v) is 11.4. The minimum atomic E-state index is -0.243. The van der Waals surface area contributed by atoms with Crippen LogP contribution in [0.5, 0.6) is 0 Å². The summed E-state index contributed by atoms with van der Waals surface area (Å²) in [6, 6.07) is 8.54. The highest BCUT2D eigenvalue weighted by molar-refractivity contribution is 7.97. The number of aromatic nitrogens is 3. The van der Waals surface area contributed by atoms with E-state index in [4.69, 9.17) is 10.2 Å². The summed E-state index contributed by atoms with van der Waals surface area (Å²) in [7, 11) is 0. The fourth-order valence-electron chi connectivity index (χ4n) is 4.69. The lowest BCUT2D eigenvalue weighted by Crippen LogP contribution is -2.22. The number of aliphatic hydroxyl groups excluding tert-OH is 1. The monoisotopic (exact) mass is 433 g/mol. The van der Waals surface area contributed by atoms with Crippen LogP contribution in [0.15, 0.2) is 52.2 Å². The summed E-state index contributed by atoms with van der Waals surface area (Å²) >= 11 is 1.63. The summed E-state index contributed by atoms with van der Waals surface area (Å²) < 4.78 is 11.5. The van der Waals surface area contributed by atoms with Crippen LogP contribution in [0.1, 0.15) is 37.3 Å². The maximum absolute atomic E-state index is 10.0. The first kappa shape index (κ1) is 18.9. The van der Waals surface area contributed by atoms with E-state index in [1.807, 2.05) is 17.1 Å². The third-order valence-corrected chi connectivity index (χ3v) is 7.27. The highest BCUT2D eigenvalue weighted by Crippen LogP contribution is 2.42. The van der Waals surface area contributed by atoms with Crippen molar-refractivity contribution >= 4 is 28.7 Å². The first-order chi connectivity index (χ1) is 15.2. The number of pyridine rings is 1. The zero-order valence-corrected chi connectivity index (χ0v) is 17.7. The summed E-state index contributed by atoms with van der Waals surface area (Å²) in [5.41, 5.74) is 11.0. The minimum Gasteiger partial charge on any atom is -0.452 e. The second-order valence-electron chi connectivity index (χ2n) is 8.31. The third-order valence-electron chi connectivity index (χ3n) is 6.29. The van der Waals surface area contributed by atoms with Crippen LogP contribution < -0.4 is 10.5 Å². The van der Waals surface area contributed by atoms with Gasteiger partial charge in [-0.05, 0) is 49.3 Å². The van der Waals surface area contributed by atoms with Crippen molar-refractivity contribution in [1.29, 1.82) is 0 Å². The molecule has 3 aromatic heterocycles. The van der Waals surface area contributed by atoms with E-state index >= 15 is 0 Å². The second kappa shape index (κ2) is 7.40. The second-order valence-corrected chi connectivity index (χ2v) is 9.21. The number of rotatable bonds is 3. The largest absolute Gasteiger partial charge is 0.452 e. The van der Waals surface area contributed by atoms with Gasteiger partial charge in [0, 0.05) is 45.9 Å². The molecular formula is C23H23N5O2S. The van der Waals surface area contributed by atoms with E-state index in [0.717, 1.165) is 60.1 Å². The van der Waals surface area contributed by atoms with Crippen LogP contribution in [-0.2, 0) is 6.54 Å². The van der Waals surface area contributed by atoms with Crippen LogP contribution in [0.4, 0.5) is 5.82 Å². The molecule has 0 spiro atoms. The standard InChI is InChI=1S/C23H23N5O2S/c24-23-21-18(8-20(30-21)17-6-1-3-13-10-27-31-22(13)17)19(11-25-23)14-9-26-28(12-14)15-4-2-5-16(29)7-15/h1,3,6,8-9,11-12,15-16,27,29H,2,4-5,7,10H2,(H2,24,25). The molecule has 0 bridgehead atoms. The quantitative estimate of drug-likeness (QED) is 0.408. The van der Waals surface area contributed by atoms with Gasteiger partial charge in [0.15, 0.2) is 11.4 Å². The lowest BCUT2D eigenvalue weighted by atomic mass is 9.93. The average molecular weight is 434 g/mol. The molecular weight excluding hydrogens is 410 g/mol. The van der Waals surface area contributed by atoms with Crippen molar-refractivity contribution in [3.63, 3.8) is 0 Å². The molecule has 1 aromatic carbocycles. The van der Waals surface area contributed by atoms with Crippen molar-refractivity contribution in [2.75, 3.05) is 5.73 Å². The van der Waals surface area contributed by atoms with E-state index in [1.165, 1.54) is 10.5 Å². The number of hydrogen-bond donors (Lipinski definition) is 3. The van der Waals surface area contributed by atoms with Gasteiger partial charge in [-0.3, -0.25) is 9.40 Å². The molecule has 0 radical (unpaired) electrons. The Morgan fingerprint density at radius 3 is 3.06 bits per heavy atom. The van der Waals surface area contributed by atoms with Gasteiger partial charge in [-0.25, -0.2) is 4.98 Å². The number of nitrogens with one attached hydrogen (secondary N) is 1. The van der Waals surface area contributed by atoms with Crippen LogP contribution >= 0.6 is 11.9 Å². The Bertz CT molecular complexity index is 1280. The third kappa shape index (κ3) is 3.22. The molecule has 4 aromatic rings. The van der Waals surface area contributed by atoms with Crippen LogP contribution in [-0.4, -0.2) is 26.0 Å². The molecule has 2 atom stereocenters. The SMILES string of the molecule is Nc1ncc(-c2cnn(C3CCCC(O)C3)c2)c2cc(-c3cccc4c3SNC4)oc12. The number of hydrogen-bond acceptors (Lipinski definition) is 7. The number of nitrogens with zero attached hydrogens (tertiary/aromatic N) is 3. The molecule has 0 amide bonds. The Morgan fingerprint density at radius 1 is 1.23 bits per heavy atom. The highest BCUT2D eigenvalue weighted by Gasteiger charge is 2.24. The van der Waals surface area contributed by atoms with Crippen LogP contribution in [0.25, 0.3) is 33.4 Å². The Labute approximate surface area is 183 Å². The minimum absolute atomic E-state index is 0.228. The van der Waals surface area contributed by atoms with E-state index in [1.54, 1.807) is 18.1 Å². The zero-order chi connectivity index (χ0) is 20.9. The van der Waals surface area contributed by atoms with Crippen molar-refractivity contribution in [1.82, 2.24) is 19.5 Å². The highest BCUT2D eigenvalue weighted by atomic mass is 32.2. The first-order valence-electron chi connectivity index (χ1n) is 10.6. The van der Waals surface area contributed by atoms with Crippen molar-refractivity contribution in [3.8, 4) is 22.5 Å². The van der Waals surface area contributed by atoms with Gasteiger partial charge in [0.1, 0.15) is 5.76 Å². The van der Waals surface area contributed by atoms with Gasteiger partial charge in [0.2, 0.25) is 0 Å². The molecule has 31 heavy (non-hydrogen) atoms. The number of anilines is 1. The van der Waals surface area contributed by atoms with Gasteiger partial charge < -0.3 is 15.3 Å². The van der Waals surface area contributed by atoms with Crippen molar-refractivity contribution in [2.45, 2.75) is 49.3 Å². The van der Waals surface area contributed by atoms with Gasteiger partial charge in [-0.15, -0.1) is 0 Å². The molecule has 8 heteroatoms. The molecule has 2 unspecified atom stereocenters. The van der Waals surface area contributed by atoms with Gasteiger partial charge in [0.05, 0.1) is 18.3 Å². The number of aliphatic hydroxyl groups is 1. The Hall–Kier alpha value is -2.81. The van der Waals surface area contributed by atoms with Gasteiger partial charge in [-0.1, -0.05) is 18.2 Å². The average Bonchev–Trinajstić information content (AvgIpc) is 3.53. The van der Waals surface area contributed by atoms with Crippen molar-refractivity contribution < 1.29 is 9.52 Å². The Balaban J connectivity index is 1.43. The molecule has 1 fully saturated rings. The predicted molar refractivity (Wildman–Crippen MR) is 121 cm³/mol. The summed E-state index contributed by atoms with van der Waals surface area (Å²) in [6.45, 7) is 0.845. The summed E-state index contributed by atoms with van der Waals surface area (Å²) in [4.78, 5) is 5.58. The summed E-state index contributed by atoms with van der Waals surface area (Å²) in [5, 5.41) is 15.6. The number of furan rings is 1. The topological polar surface area (TPSA) is 102 Å². The lowest BCUT2D eigenvalue weighted by Gasteiger charge is -2.25. The van der Waals surface area contributed by atoms with E-state index in [0.29, 0.717) is 11.4 Å². The number of benzene rings is 1. The van der Waals surface area contributed by atoms with Crippen molar-refractivity contribution in [2.24, 2.45) is 0 Å². The van der Waals surface area contributed by atoms with E-state index in [-0.39, 0.29) is 12.1 Å². The molecule has 7 nitrogen and oxygen atoms in total. The number of nitrogen functional groups attached to an aromatic ring is 1. The zero-order valence-electron chi connectivity index (χ0n) is 16.9. The van der Waals surface area contributed by atoms with E-state index < -0.39 is 0 Å². The number of nitrogens with two attached hydrogens (primary N) is 1. The van der Waals surface area contributed by atoms with E-state index in [2.05, 4.69) is 39.1 Å². The molecule has 4 N–H and O–H groups in total. The molecule has 1 aliphatic carbocycles.